The summed E-state index contributed by atoms with van der Waals surface area (Å²) in [5.74, 6) is 0. The average Bonchev–Trinajstić information content (AvgIpc) is 2.43. The predicted octanol–water partition coefficient (Wildman–Crippen LogP) is 1.61. The van der Waals surface area contributed by atoms with Gasteiger partial charge in [-0.1, -0.05) is 13.8 Å². The van der Waals surface area contributed by atoms with Crippen molar-refractivity contribution in [3.05, 3.63) is 0 Å². The van der Waals surface area contributed by atoms with Crippen molar-refractivity contribution in [2.45, 2.75) is 58.3 Å². The molecule has 2 aliphatic heterocycles. The molecule has 0 aromatic rings. The van der Waals surface area contributed by atoms with Gasteiger partial charge in [0.05, 0.1) is 12.2 Å². The smallest absolute Gasteiger partial charge is 0.0707 e. The van der Waals surface area contributed by atoms with Crippen molar-refractivity contribution in [3.8, 4) is 0 Å². The Hall–Kier alpha value is -0.120. The van der Waals surface area contributed by atoms with Gasteiger partial charge in [-0.3, -0.25) is 4.90 Å². The van der Waals surface area contributed by atoms with Crippen molar-refractivity contribution in [2.24, 2.45) is 11.1 Å². The molecule has 2 heterocycles. The maximum atomic E-state index is 6.26. The first-order valence-corrected chi connectivity index (χ1v) is 6.45. The van der Waals surface area contributed by atoms with Crippen LogP contribution in [0.25, 0.3) is 0 Å². The molecule has 0 aromatic carbocycles. The van der Waals surface area contributed by atoms with Crippen LogP contribution in [-0.2, 0) is 4.74 Å². The van der Waals surface area contributed by atoms with Crippen LogP contribution in [0.5, 0.6) is 0 Å². The summed E-state index contributed by atoms with van der Waals surface area (Å²) in [4.78, 5) is 2.54. The maximum absolute atomic E-state index is 6.26. The third-order valence-corrected chi connectivity index (χ3v) is 4.48. The summed E-state index contributed by atoms with van der Waals surface area (Å²) in [6, 6.07) is 0. The molecule has 2 bridgehead atoms. The second-order valence-corrected chi connectivity index (χ2v) is 6.76. The van der Waals surface area contributed by atoms with Crippen LogP contribution in [0.3, 0.4) is 0 Å². The van der Waals surface area contributed by atoms with Crippen molar-refractivity contribution in [1.29, 1.82) is 0 Å². The number of nitrogens with zero attached hydrogens (tertiary/aromatic N) is 1. The molecule has 2 saturated heterocycles. The number of ether oxygens (including phenoxy) is 1. The van der Waals surface area contributed by atoms with Gasteiger partial charge < -0.3 is 10.5 Å². The molecule has 3 heteroatoms. The standard InChI is InChI=1S/C13H26N2O/c1-12(2,13(3,4)14)9-15-7-10-5-6-11(8-15)16-10/h10-11H,5-9,14H2,1-4H3. The highest BCUT2D eigenvalue weighted by atomic mass is 16.5. The molecule has 2 atom stereocenters. The molecule has 16 heavy (non-hydrogen) atoms. The highest BCUT2D eigenvalue weighted by Gasteiger charge is 2.39. The molecule has 2 rings (SSSR count). The van der Waals surface area contributed by atoms with Crippen LogP contribution in [0.1, 0.15) is 40.5 Å². The molecule has 0 amide bonds. The van der Waals surface area contributed by atoms with Gasteiger partial charge in [-0.15, -0.1) is 0 Å². The summed E-state index contributed by atoms with van der Waals surface area (Å²) in [6.45, 7) is 12.1. The zero-order chi connectivity index (χ0) is 12.0. The van der Waals surface area contributed by atoms with E-state index in [1.54, 1.807) is 0 Å². The van der Waals surface area contributed by atoms with Gasteiger partial charge in [0.1, 0.15) is 0 Å². The Labute approximate surface area is 99.3 Å². The van der Waals surface area contributed by atoms with Gasteiger partial charge in [-0.25, -0.2) is 0 Å². The normalized spacial score (nSPS) is 32.1. The SMILES string of the molecule is CC(C)(N)C(C)(C)CN1CC2CCC(C1)O2. The molecule has 94 valence electrons. The summed E-state index contributed by atoms with van der Waals surface area (Å²) < 4.78 is 5.85. The minimum atomic E-state index is -0.135. The number of morpholine rings is 1. The van der Waals surface area contributed by atoms with Crippen LogP contribution in [0.2, 0.25) is 0 Å². The highest BCUT2D eigenvalue weighted by molar-refractivity contribution is 4.94. The van der Waals surface area contributed by atoms with Crippen LogP contribution in [0, 0.1) is 5.41 Å². The van der Waals surface area contributed by atoms with Crippen LogP contribution in [-0.4, -0.2) is 42.3 Å². The molecular formula is C13H26N2O. The lowest BCUT2D eigenvalue weighted by molar-refractivity contribution is -0.0531. The number of nitrogens with two attached hydrogens (primary N) is 1. The average molecular weight is 226 g/mol. The van der Waals surface area contributed by atoms with E-state index in [-0.39, 0.29) is 11.0 Å². The van der Waals surface area contributed by atoms with E-state index in [4.69, 9.17) is 10.5 Å². The molecule has 0 radical (unpaired) electrons. The third-order valence-electron chi connectivity index (χ3n) is 4.48. The number of fused-ring (bicyclic) bond motifs is 2. The predicted molar refractivity (Wildman–Crippen MR) is 66.4 cm³/mol. The van der Waals surface area contributed by atoms with E-state index in [1.807, 2.05) is 0 Å². The lowest BCUT2D eigenvalue weighted by Gasteiger charge is -2.44. The number of likely N-dealkylation sites (tertiary alicyclic amines) is 1. The van der Waals surface area contributed by atoms with Crippen molar-refractivity contribution in [3.63, 3.8) is 0 Å². The van der Waals surface area contributed by atoms with E-state index < -0.39 is 0 Å². The van der Waals surface area contributed by atoms with Crippen LogP contribution in [0.15, 0.2) is 0 Å². The summed E-state index contributed by atoms with van der Waals surface area (Å²) in [6.07, 6.45) is 3.45. The Morgan fingerprint density at radius 1 is 1.12 bits per heavy atom. The van der Waals surface area contributed by atoms with E-state index in [9.17, 15) is 0 Å². The fourth-order valence-electron chi connectivity index (χ4n) is 2.59. The van der Waals surface area contributed by atoms with E-state index in [2.05, 4.69) is 32.6 Å². The summed E-state index contributed by atoms with van der Waals surface area (Å²) in [5, 5.41) is 0. The van der Waals surface area contributed by atoms with Crippen LogP contribution in [0.4, 0.5) is 0 Å². The van der Waals surface area contributed by atoms with E-state index in [0.29, 0.717) is 12.2 Å². The molecule has 2 aliphatic rings. The van der Waals surface area contributed by atoms with Crippen molar-refractivity contribution in [2.75, 3.05) is 19.6 Å². The van der Waals surface area contributed by atoms with Gasteiger partial charge in [0.2, 0.25) is 0 Å². The van der Waals surface area contributed by atoms with E-state index in [1.165, 1.54) is 12.8 Å². The minimum absolute atomic E-state index is 0.135. The van der Waals surface area contributed by atoms with Gasteiger partial charge in [-0.05, 0) is 32.1 Å². The minimum Gasteiger partial charge on any atom is -0.372 e. The van der Waals surface area contributed by atoms with Crippen LogP contribution < -0.4 is 5.73 Å². The molecule has 2 N–H and O–H groups in total. The Balaban J connectivity index is 1.95. The van der Waals surface area contributed by atoms with Gasteiger partial charge in [-0.2, -0.15) is 0 Å². The lowest BCUT2D eigenvalue weighted by Crippen LogP contribution is -2.55. The molecule has 0 spiro atoms. The van der Waals surface area contributed by atoms with E-state index in [0.717, 1.165) is 19.6 Å². The van der Waals surface area contributed by atoms with E-state index >= 15 is 0 Å². The quantitative estimate of drug-likeness (QED) is 0.794. The monoisotopic (exact) mass is 226 g/mol. The van der Waals surface area contributed by atoms with Crippen molar-refractivity contribution >= 4 is 0 Å². The van der Waals surface area contributed by atoms with Gasteiger partial charge >= 0.3 is 0 Å². The zero-order valence-electron chi connectivity index (χ0n) is 11.1. The van der Waals surface area contributed by atoms with Gasteiger partial charge in [0.25, 0.3) is 0 Å². The molecule has 0 aromatic heterocycles. The zero-order valence-corrected chi connectivity index (χ0v) is 11.1. The lowest BCUT2D eigenvalue weighted by atomic mass is 9.75. The second-order valence-electron chi connectivity index (χ2n) is 6.76. The number of hydrogen-bond donors (Lipinski definition) is 1. The Morgan fingerprint density at radius 3 is 2.06 bits per heavy atom. The van der Waals surface area contributed by atoms with Crippen molar-refractivity contribution in [1.82, 2.24) is 4.90 Å². The topological polar surface area (TPSA) is 38.5 Å². The van der Waals surface area contributed by atoms with Gasteiger partial charge in [0.15, 0.2) is 0 Å². The van der Waals surface area contributed by atoms with Gasteiger partial charge in [0, 0.05) is 25.2 Å². The van der Waals surface area contributed by atoms with Crippen LogP contribution >= 0.6 is 0 Å². The summed E-state index contributed by atoms with van der Waals surface area (Å²) >= 11 is 0. The summed E-state index contributed by atoms with van der Waals surface area (Å²) in [7, 11) is 0. The molecule has 2 fully saturated rings. The largest absolute Gasteiger partial charge is 0.372 e. The fourth-order valence-corrected chi connectivity index (χ4v) is 2.59. The Bertz CT molecular complexity index is 245. The maximum Gasteiger partial charge on any atom is 0.0707 e. The Morgan fingerprint density at radius 2 is 1.62 bits per heavy atom. The number of hydrogen-bond acceptors (Lipinski definition) is 3. The molecule has 3 nitrogen and oxygen atoms in total. The number of rotatable bonds is 3. The fraction of sp³-hybridized carbons (Fsp3) is 1.00. The van der Waals surface area contributed by atoms with Crippen molar-refractivity contribution < 1.29 is 4.74 Å². The third kappa shape index (κ3) is 2.41. The molecule has 2 unspecified atom stereocenters. The summed E-state index contributed by atoms with van der Waals surface area (Å²) in [5.41, 5.74) is 6.27. The molecular weight excluding hydrogens is 200 g/mol. The highest BCUT2D eigenvalue weighted by Crippen LogP contribution is 2.32. The first-order chi connectivity index (χ1) is 7.28. The second kappa shape index (κ2) is 3.97. The Kier molecular flexibility index (Phi) is 3.06. The molecule has 0 aliphatic carbocycles. The first-order valence-electron chi connectivity index (χ1n) is 6.45. The first kappa shape index (κ1) is 12.3. The molecule has 0 saturated carbocycles.